The lowest BCUT2D eigenvalue weighted by Gasteiger charge is -2.08. The Kier molecular flexibility index (Phi) is 3.33. The van der Waals surface area contributed by atoms with Crippen LogP contribution in [0.25, 0.3) is 0 Å². The van der Waals surface area contributed by atoms with Crippen molar-refractivity contribution in [1.82, 2.24) is 14.8 Å². The van der Waals surface area contributed by atoms with E-state index in [9.17, 15) is 0 Å². The molecule has 3 N–H and O–H groups in total. The Hall–Kier alpha value is -2.82. The summed E-state index contributed by atoms with van der Waals surface area (Å²) < 4.78 is 1.76. The van der Waals surface area contributed by atoms with E-state index >= 15 is 0 Å². The van der Waals surface area contributed by atoms with Gasteiger partial charge in [0, 0.05) is 5.69 Å². The Balaban J connectivity index is 1.85. The maximum Gasteiger partial charge on any atom is 0.241 e. The number of hydrogen-bond acceptors (Lipinski definition) is 4. The first-order valence-electron chi connectivity index (χ1n) is 6.37. The summed E-state index contributed by atoms with van der Waals surface area (Å²) >= 11 is 0. The number of nitrogens with zero attached hydrogens (tertiary/aromatic N) is 3. The van der Waals surface area contributed by atoms with E-state index in [4.69, 9.17) is 5.73 Å². The second-order valence-corrected chi connectivity index (χ2v) is 4.43. The quantitative estimate of drug-likeness (QED) is 0.761. The molecule has 0 spiro atoms. The molecule has 3 rings (SSSR count). The van der Waals surface area contributed by atoms with E-state index in [2.05, 4.69) is 15.4 Å². The van der Waals surface area contributed by atoms with Crippen LogP contribution in [-0.2, 0) is 6.54 Å². The molecule has 0 saturated heterocycles. The van der Waals surface area contributed by atoms with E-state index in [1.807, 2.05) is 60.7 Å². The number of rotatable bonds is 4. The number of nitrogens with one attached hydrogen (secondary N) is 1. The third kappa shape index (κ3) is 2.77. The molecule has 0 fully saturated rings. The zero-order valence-corrected chi connectivity index (χ0v) is 10.9. The normalized spacial score (nSPS) is 10.4. The lowest BCUT2D eigenvalue weighted by atomic mass is 10.2. The van der Waals surface area contributed by atoms with Crippen molar-refractivity contribution in [3.8, 4) is 0 Å². The molecule has 0 bridgehead atoms. The molecule has 3 aromatic rings. The van der Waals surface area contributed by atoms with Crippen molar-refractivity contribution in [2.75, 3.05) is 11.1 Å². The molecule has 0 aliphatic heterocycles. The monoisotopic (exact) mass is 265 g/mol. The Labute approximate surface area is 117 Å². The molecule has 1 aromatic heterocycles. The van der Waals surface area contributed by atoms with Crippen molar-refractivity contribution in [2.24, 2.45) is 0 Å². The van der Waals surface area contributed by atoms with Gasteiger partial charge in [0.25, 0.3) is 0 Å². The molecule has 0 saturated carbocycles. The summed E-state index contributed by atoms with van der Waals surface area (Å²) in [6, 6.07) is 19.9. The predicted octanol–water partition coefficient (Wildman–Crippen LogP) is 2.65. The molecular formula is C15H15N5. The van der Waals surface area contributed by atoms with Crippen molar-refractivity contribution in [3.63, 3.8) is 0 Å². The maximum atomic E-state index is 5.70. The smallest absolute Gasteiger partial charge is 0.241 e. The molecule has 5 nitrogen and oxygen atoms in total. The number of aromatic nitrogens is 3. The summed E-state index contributed by atoms with van der Waals surface area (Å²) in [5.74, 6) is 0.900. The van der Waals surface area contributed by atoms with Gasteiger partial charge in [-0.15, -0.1) is 5.10 Å². The Morgan fingerprint density at radius 1 is 0.950 bits per heavy atom. The highest BCUT2D eigenvalue weighted by molar-refractivity contribution is 5.54. The van der Waals surface area contributed by atoms with E-state index < -0.39 is 0 Å². The molecule has 0 aliphatic rings. The van der Waals surface area contributed by atoms with Crippen molar-refractivity contribution < 1.29 is 0 Å². The summed E-state index contributed by atoms with van der Waals surface area (Å²) in [6.07, 6.45) is 0. The molecule has 0 radical (unpaired) electrons. The second-order valence-electron chi connectivity index (χ2n) is 4.43. The van der Waals surface area contributed by atoms with Gasteiger partial charge in [0.05, 0.1) is 6.54 Å². The van der Waals surface area contributed by atoms with E-state index in [1.54, 1.807) is 4.68 Å². The summed E-state index contributed by atoms with van der Waals surface area (Å²) in [4.78, 5) is 4.22. The number of nitrogens with two attached hydrogens (primary N) is 1. The van der Waals surface area contributed by atoms with Crippen LogP contribution in [0.5, 0.6) is 0 Å². The second kappa shape index (κ2) is 5.44. The van der Waals surface area contributed by atoms with Gasteiger partial charge < -0.3 is 11.1 Å². The Morgan fingerprint density at radius 3 is 2.30 bits per heavy atom. The van der Waals surface area contributed by atoms with Gasteiger partial charge in [-0.05, 0) is 17.7 Å². The Morgan fingerprint density at radius 2 is 1.60 bits per heavy atom. The van der Waals surface area contributed by atoms with E-state index in [0.29, 0.717) is 12.5 Å². The molecule has 5 heteroatoms. The predicted molar refractivity (Wildman–Crippen MR) is 79.7 cm³/mol. The summed E-state index contributed by atoms with van der Waals surface area (Å²) in [7, 11) is 0. The van der Waals surface area contributed by atoms with Crippen LogP contribution in [0.1, 0.15) is 5.56 Å². The van der Waals surface area contributed by atoms with E-state index in [-0.39, 0.29) is 5.95 Å². The van der Waals surface area contributed by atoms with Crippen LogP contribution in [0, 0.1) is 0 Å². The Bertz CT molecular complexity index is 617. The molecule has 0 unspecified atom stereocenters. The summed E-state index contributed by atoms with van der Waals surface area (Å²) in [5, 5.41) is 7.45. The molecule has 0 aliphatic carbocycles. The minimum Gasteiger partial charge on any atom is -0.366 e. The van der Waals surface area contributed by atoms with Gasteiger partial charge >= 0.3 is 0 Å². The average Bonchev–Trinajstić information content (AvgIpc) is 2.81. The molecule has 1 heterocycles. The average molecular weight is 265 g/mol. The van der Waals surface area contributed by atoms with Gasteiger partial charge in [-0.1, -0.05) is 48.5 Å². The third-order valence-corrected chi connectivity index (χ3v) is 2.89. The minimum atomic E-state index is 0.263. The number of para-hydroxylation sites is 1. The first-order chi connectivity index (χ1) is 9.81. The van der Waals surface area contributed by atoms with Crippen molar-refractivity contribution in [3.05, 3.63) is 66.2 Å². The summed E-state index contributed by atoms with van der Waals surface area (Å²) in [5.41, 5.74) is 7.80. The lowest BCUT2D eigenvalue weighted by Crippen LogP contribution is -2.06. The number of anilines is 3. The van der Waals surface area contributed by atoms with Crippen LogP contribution in [0.2, 0.25) is 0 Å². The summed E-state index contributed by atoms with van der Waals surface area (Å²) in [6.45, 7) is 0.625. The van der Waals surface area contributed by atoms with Crippen LogP contribution in [0.3, 0.4) is 0 Å². The van der Waals surface area contributed by atoms with Crippen LogP contribution < -0.4 is 11.1 Å². The number of hydrogen-bond donors (Lipinski definition) is 2. The van der Waals surface area contributed by atoms with Gasteiger partial charge in [0.2, 0.25) is 11.9 Å². The zero-order chi connectivity index (χ0) is 13.8. The van der Waals surface area contributed by atoms with Crippen LogP contribution in [0.4, 0.5) is 17.6 Å². The van der Waals surface area contributed by atoms with Gasteiger partial charge in [-0.3, -0.25) is 0 Å². The highest BCUT2D eigenvalue weighted by Gasteiger charge is 2.08. The SMILES string of the molecule is Nc1nc(Nc2ccccc2)n(Cc2ccccc2)n1. The van der Waals surface area contributed by atoms with Crippen LogP contribution >= 0.6 is 0 Å². The zero-order valence-electron chi connectivity index (χ0n) is 10.9. The third-order valence-electron chi connectivity index (χ3n) is 2.89. The van der Waals surface area contributed by atoms with Crippen LogP contribution in [0.15, 0.2) is 60.7 Å². The molecule has 20 heavy (non-hydrogen) atoms. The van der Waals surface area contributed by atoms with Crippen molar-refractivity contribution >= 4 is 17.6 Å². The molecule has 2 aromatic carbocycles. The molecular weight excluding hydrogens is 250 g/mol. The van der Waals surface area contributed by atoms with Crippen LogP contribution in [-0.4, -0.2) is 14.8 Å². The topological polar surface area (TPSA) is 68.8 Å². The van der Waals surface area contributed by atoms with Gasteiger partial charge in [0.1, 0.15) is 0 Å². The molecule has 0 amide bonds. The fraction of sp³-hybridized carbons (Fsp3) is 0.0667. The molecule has 0 atom stereocenters. The van der Waals surface area contributed by atoms with Gasteiger partial charge in [-0.2, -0.15) is 4.98 Å². The highest BCUT2D eigenvalue weighted by Crippen LogP contribution is 2.16. The van der Waals surface area contributed by atoms with Gasteiger partial charge in [-0.25, -0.2) is 4.68 Å². The standard InChI is InChI=1S/C15H15N5/c16-14-18-15(17-13-9-5-2-6-10-13)20(19-14)11-12-7-3-1-4-8-12/h1-10H,11H2,(H3,16,17,18,19). The fourth-order valence-electron chi connectivity index (χ4n) is 1.97. The van der Waals surface area contributed by atoms with Crippen molar-refractivity contribution in [2.45, 2.75) is 6.54 Å². The van der Waals surface area contributed by atoms with Crippen molar-refractivity contribution in [1.29, 1.82) is 0 Å². The van der Waals surface area contributed by atoms with Gasteiger partial charge in [0.15, 0.2) is 0 Å². The fourth-order valence-corrected chi connectivity index (χ4v) is 1.97. The maximum absolute atomic E-state index is 5.70. The minimum absolute atomic E-state index is 0.263. The lowest BCUT2D eigenvalue weighted by molar-refractivity contribution is 0.697. The molecule has 100 valence electrons. The first-order valence-corrected chi connectivity index (χ1v) is 6.37. The number of benzene rings is 2. The number of nitrogen functional groups attached to an aromatic ring is 1. The first kappa shape index (κ1) is 12.2. The highest BCUT2D eigenvalue weighted by atomic mass is 15.4. The van der Waals surface area contributed by atoms with E-state index in [1.165, 1.54) is 0 Å². The largest absolute Gasteiger partial charge is 0.366 e. The van der Waals surface area contributed by atoms with E-state index in [0.717, 1.165) is 11.3 Å².